The number of benzene rings is 2. The van der Waals surface area contributed by atoms with E-state index in [4.69, 9.17) is 0 Å². The molecule has 0 radical (unpaired) electrons. The van der Waals surface area contributed by atoms with E-state index in [1.807, 2.05) is 6.07 Å². The van der Waals surface area contributed by atoms with E-state index in [0.717, 1.165) is 6.07 Å². The molecule has 3 N–H and O–H groups in total. The van der Waals surface area contributed by atoms with Crippen molar-refractivity contribution in [2.24, 2.45) is 0 Å². The zero-order valence-electron chi connectivity index (χ0n) is 16.3. The van der Waals surface area contributed by atoms with Crippen LogP contribution in [0.3, 0.4) is 0 Å². The molecule has 0 aliphatic rings. The number of pyridine rings is 1. The van der Waals surface area contributed by atoms with Crippen molar-refractivity contribution in [3.05, 3.63) is 96.2 Å². The third-order valence-corrected chi connectivity index (χ3v) is 4.28. The zero-order chi connectivity index (χ0) is 22.5. The minimum absolute atomic E-state index is 0.338. The Morgan fingerprint density at radius 1 is 0.719 bits per heavy atom. The van der Waals surface area contributed by atoms with Gasteiger partial charge >= 0.3 is 0 Å². The summed E-state index contributed by atoms with van der Waals surface area (Å²) in [5.74, 6) is -3.81. The fraction of sp³-hybridized carbons (Fsp3) is 0. The number of rotatable bonds is 6. The van der Waals surface area contributed by atoms with Gasteiger partial charge in [-0.3, -0.25) is 4.79 Å². The van der Waals surface area contributed by atoms with Crippen molar-refractivity contribution in [1.82, 2.24) is 15.0 Å². The number of amides is 1. The quantitative estimate of drug-likeness (QED) is 0.367. The first kappa shape index (κ1) is 20.8. The zero-order valence-corrected chi connectivity index (χ0v) is 16.3. The van der Waals surface area contributed by atoms with E-state index in [1.54, 1.807) is 48.7 Å². The van der Waals surface area contributed by atoms with Crippen molar-refractivity contribution in [3.63, 3.8) is 0 Å². The van der Waals surface area contributed by atoms with Gasteiger partial charge in [-0.15, -0.1) is 0 Å². The molecule has 0 aliphatic heterocycles. The van der Waals surface area contributed by atoms with Crippen molar-refractivity contribution in [2.45, 2.75) is 0 Å². The molecule has 7 nitrogen and oxygen atoms in total. The average Bonchev–Trinajstić information content (AvgIpc) is 2.80. The average molecular weight is 436 g/mol. The molecule has 160 valence electrons. The predicted molar refractivity (Wildman–Crippen MR) is 114 cm³/mol. The molecule has 2 aromatic heterocycles. The van der Waals surface area contributed by atoms with Crippen LogP contribution >= 0.6 is 0 Å². The fourth-order valence-electron chi connectivity index (χ4n) is 2.75. The Morgan fingerprint density at radius 3 is 2.16 bits per heavy atom. The normalized spacial score (nSPS) is 10.5. The van der Waals surface area contributed by atoms with Gasteiger partial charge < -0.3 is 16.0 Å². The van der Waals surface area contributed by atoms with E-state index >= 15 is 0 Å². The minimum atomic E-state index is -1.70. The Kier molecular flexibility index (Phi) is 5.93. The Bertz CT molecular complexity index is 1250. The summed E-state index contributed by atoms with van der Waals surface area (Å²) in [5.41, 5.74) is 0.398. The highest BCUT2D eigenvalue weighted by atomic mass is 19.2. The van der Waals surface area contributed by atoms with Gasteiger partial charge in [0.2, 0.25) is 0 Å². The molecule has 0 saturated heterocycles. The van der Waals surface area contributed by atoms with Crippen LogP contribution in [0.2, 0.25) is 0 Å². The van der Waals surface area contributed by atoms with Crippen LogP contribution < -0.4 is 16.0 Å². The number of hydrogen-bond acceptors (Lipinski definition) is 6. The Hall–Kier alpha value is -4.47. The van der Waals surface area contributed by atoms with E-state index in [1.165, 1.54) is 6.33 Å². The molecule has 2 heterocycles. The highest BCUT2D eigenvalue weighted by molar-refractivity contribution is 6.04. The topological polar surface area (TPSA) is 91.8 Å². The second kappa shape index (κ2) is 9.13. The number of carbonyl (C=O) groups is 1. The Morgan fingerprint density at radius 2 is 1.44 bits per heavy atom. The predicted octanol–water partition coefficient (Wildman–Crippen LogP) is 5.03. The van der Waals surface area contributed by atoms with Crippen LogP contribution in [0.4, 0.5) is 42.0 Å². The Balaban J connectivity index is 1.42. The standard InChI is InChI=1S/C22H15F3N6O/c23-16-9-8-15(20(24)21(16)25)22(32)30-14-6-4-13(5-7-14)29-18-11-19(28-12-27-18)31-17-3-1-2-10-26-17/h1-12H,(H,30,32)(H2,26,27,28,29,31). The summed E-state index contributed by atoms with van der Waals surface area (Å²) in [6.45, 7) is 0. The van der Waals surface area contributed by atoms with Gasteiger partial charge in [0.1, 0.15) is 23.8 Å². The van der Waals surface area contributed by atoms with Crippen molar-refractivity contribution in [1.29, 1.82) is 0 Å². The number of nitrogens with zero attached hydrogens (tertiary/aromatic N) is 3. The Labute approximate surface area is 180 Å². The first-order valence-corrected chi connectivity index (χ1v) is 9.31. The first-order chi connectivity index (χ1) is 15.5. The summed E-state index contributed by atoms with van der Waals surface area (Å²) in [6.07, 6.45) is 3.04. The van der Waals surface area contributed by atoms with Crippen LogP contribution in [0.5, 0.6) is 0 Å². The maximum atomic E-state index is 13.8. The lowest BCUT2D eigenvalue weighted by atomic mass is 10.1. The summed E-state index contributed by atoms with van der Waals surface area (Å²) in [5, 5.41) is 8.58. The molecule has 0 spiro atoms. The van der Waals surface area contributed by atoms with Gasteiger partial charge in [0.15, 0.2) is 17.5 Å². The second-order valence-electron chi connectivity index (χ2n) is 6.51. The minimum Gasteiger partial charge on any atom is -0.340 e. The van der Waals surface area contributed by atoms with Gasteiger partial charge in [0, 0.05) is 23.6 Å². The first-order valence-electron chi connectivity index (χ1n) is 9.31. The number of anilines is 5. The third-order valence-electron chi connectivity index (χ3n) is 4.28. The largest absolute Gasteiger partial charge is 0.340 e. The number of halogens is 3. The summed E-state index contributed by atoms with van der Waals surface area (Å²) in [7, 11) is 0. The molecule has 0 atom stereocenters. The molecule has 0 aliphatic carbocycles. The lowest BCUT2D eigenvalue weighted by molar-refractivity contribution is 0.102. The van der Waals surface area contributed by atoms with Crippen LogP contribution in [-0.4, -0.2) is 20.9 Å². The molecule has 0 fully saturated rings. The van der Waals surface area contributed by atoms with Crippen molar-refractivity contribution in [2.75, 3.05) is 16.0 Å². The molecule has 0 saturated carbocycles. The summed E-state index contributed by atoms with van der Waals surface area (Å²) in [4.78, 5) is 24.6. The van der Waals surface area contributed by atoms with Crippen LogP contribution in [-0.2, 0) is 0 Å². The molecule has 4 rings (SSSR count). The SMILES string of the molecule is O=C(Nc1ccc(Nc2cc(Nc3ccccn3)ncn2)cc1)c1ccc(F)c(F)c1F. The maximum absolute atomic E-state index is 13.8. The molecule has 4 aromatic rings. The fourth-order valence-corrected chi connectivity index (χ4v) is 2.75. The second-order valence-corrected chi connectivity index (χ2v) is 6.51. The van der Waals surface area contributed by atoms with Crippen LogP contribution in [0, 0.1) is 17.5 Å². The highest BCUT2D eigenvalue weighted by Gasteiger charge is 2.18. The van der Waals surface area contributed by atoms with Gasteiger partial charge in [0.25, 0.3) is 5.91 Å². The number of nitrogens with one attached hydrogen (secondary N) is 3. The monoisotopic (exact) mass is 436 g/mol. The van der Waals surface area contributed by atoms with E-state index < -0.39 is 28.9 Å². The molecule has 2 aromatic carbocycles. The lowest BCUT2D eigenvalue weighted by Gasteiger charge is -2.10. The van der Waals surface area contributed by atoms with E-state index in [-0.39, 0.29) is 0 Å². The molecule has 32 heavy (non-hydrogen) atoms. The van der Waals surface area contributed by atoms with Gasteiger partial charge in [-0.2, -0.15) is 0 Å². The number of carbonyl (C=O) groups excluding carboxylic acids is 1. The van der Waals surface area contributed by atoms with E-state index in [0.29, 0.717) is 34.9 Å². The van der Waals surface area contributed by atoms with Crippen molar-refractivity contribution in [3.8, 4) is 0 Å². The van der Waals surface area contributed by atoms with Crippen molar-refractivity contribution >= 4 is 34.7 Å². The number of aromatic nitrogens is 3. The van der Waals surface area contributed by atoms with Gasteiger partial charge in [0.05, 0.1) is 5.56 Å². The van der Waals surface area contributed by atoms with Gasteiger partial charge in [-0.25, -0.2) is 28.1 Å². The van der Waals surface area contributed by atoms with Crippen LogP contribution in [0.15, 0.2) is 73.2 Å². The van der Waals surface area contributed by atoms with Crippen molar-refractivity contribution < 1.29 is 18.0 Å². The summed E-state index contributed by atoms with van der Waals surface area (Å²) in [6, 6.07) is 15.2. The van der Waals surface area contributed by atoms with E-state index in [9.17, 15) is 18.0 Å². The maximum Gasteiger partial charge on any atom is 0.258 e. The van der Waals surface area contributed by atoms with Crippen LogP contribution in [0.1, 0.15) is 10.4 Å². The molecular formula is C22H15F3N6O. The molecular weight excluding hydrogens is 421 g/mol. The molecule has 0 bridgehead atoms. The third kappa shape index (κ3) is 4.81. The molecule has 0 unspecified atom stereocenters. The highest BCUT2D eigenvalue weighted by Crippen LogP contribution is 2.21. The smallest absolute Gasteiger partial charge is 0.258 e. The van der Waals surface area contributed by atoms with Gasteiger partial charge in [-0.1, -0.05) is 6.07 Å². The summed E-state index contributed by atoms with van der Waals surface area (Å²) >= 11 is 0. The number of hydrogen-bond donors (Lipinski definition) is 3. The summed E-state index contributed by atoms with van der Waals surface area (Å²) < 4.78 is 40.2. The lowest BCUT2D eigenvalue weighted by Crippen LogP contribution is -2.15. The van der Waals surface area contributed by atoms with Gasteiger partial charge in [-0.05, 0) is 48.5 Å². The van der Waals surface area contributed by atoms with E-state index in [2.05, 4.69) is 30.9 Å². The molecule has 1 amide bonds. The molecule has 10 heteroatoms. The van der Waals surface area contributed by atoms with Crippen LogP contribution in [0.25, 0.3) is 0 Å².